The Balaban J connectivity index is 1.80. The number of likely N-dealkylation sites (tertiary alicyclic amines) is 1. The fourth-order valence-corrected chi connectivity index (χ4v) is 3.72. The van der Waals surface area contributed by atoms with Gasteiger partial charge in [0.05, 0.1) is 0 Å². The molecule has 0 bridgehead atoms. The molecule has 0 spiro atoms. The third kappa shape index (κ3) is 5.60. The van der Waals surface area contributed by atoms with E-state index in [-0.39, 0.29) is 17.7 Å². The van der Waals surface area contributed by atoms with Gasteiger partial charge in [-0.3, -0.25) is 9.48 Å². The number of rotatable bonds is 3. The van der Waals surface area contributed by atoms with Crippen molar-refractivity contribution in [3.8, 4) is 0 Å². The molecule has 2 aromatic rings. The molecule has 32 heavy (non-hydrogen) atoms. The maximum atomic E-state index is 13.0. The van der Waals surface area contributed by atoms with Crippen LogP contribution in [0.1, 0.15) is 54.9 Å². The third-order valence-electron chi connectivity index (χ3n) is 5.21. The smallest absolute Gasteiger partial charge is 0.435 e. The maximum absolute atomic E-state index is 13.0. The lowest BCUT2D eigenvalue weighted by Crippen LogP contribution is -2.52. The Morgan fingerprint density at radius 1 is 1.16 bits per heavy atom. The number of nitrogens with one attached hydrogen (secondary N) is 1. The van der Waals surface area contributed by atoms with Gasteiger partial charge in [0.25, 0.3) is 5.91 Å². The summed E-state index contributed by atoms with van der Waals surface area (Å²) in [4.78, 5) is 27.0. The standard InChI is InChI=1S/C22H27F3N4O3/c1-21(2,3)32-20(31)29-11-10-16(15(13-29)14-8-6-5-7-9-14)26-19(30)17-12-18(22(23,24)25)27-28(17)4/h5-9,12,15-16H,10-11,13H2,1-4H3,(H,26,30)/t15-,16-/m1/s1. The van der Waals surface area contributed by atoms with Crippen LogP contribution in [0.3, 0.4) is 0 Å². The number of hydrogen-bond acceptors (Lipinski definition) is 4. The molecule has 1 aromatic heterocycles. The van der Waals surface area contributed by atoms with E-state index in [1.54, 1.807) is 25.7 Å². The Morgan fingerprint density at radius 3 is 2.38 bits per heavy atom. The summed E-state index contributed by atoms with van der Waals surface area (Å²) < 4.78 is 45.3. The largest absolute Gasteiger partial charge is 0.444 e. The zero-order valence-corrected chi connectivity index (χ0v) is 18.4. The first-order valence-corrected chi connectivity index (χ1v) is 10.3. The number of aryl methyl sites for hydroxylation is 1. The molecule has 1 aliphatic rings. The van der Waals surface area contributed by atoms with Crippen molar-refractivity contribution in [2.45, 2.75) is 50.9 Å². The number of carbonyl (C=O) groups is 2. The summed E-state index contributed by atoms with van der Waals surface area (Å²) in [6, 6.07) is 9.73. The molecule has 2 atom stereocenters. The molecule has 0 radical (unpaired) electrons. The lowest BCUT2D eigenvalue weighted by atomic mass is 9.86. The summed E-state index contributed by atoms with van der Waals surface area (Å²) in [7, 11) is 1.30. The second kappa shape index (κ2) is 8.84. The summed E-state index contributed by atoms with van der Waals surface area (Å²) in [6.07, 6.45) is -4.65. The molecule has 0 unspecified atom stereocenters. The average Bonchev–Trinajstić information content (AvgIpc) is 3.10. The summed E-state index contributed by atoms with van der Waals surface area (Å²) in [5.74, 6) is -0.899. The van der Waals surface area contributed by atoms with E-state index in [1.807, 2.05) is 30.3 Å². The van der Waals surface area contributed by atoms with Crippen LogP contribution in [0.25, 0.3) is 0 Å². The summed E-state index contributed by atoms with van der Waals surface area (Å²) >= 11 is 0. The molecule has 2 amide bonds. The molecule has 7 nitrogen and oxygen atoms in total. The van der Waals surface area contributed by atoms with Crippen molar-refractivity contribution < 1.29 is 27.5 Å². The number of carbonyl (C=O) groups excluding carboxylic acids is 2. The molecule has 2 heterocycles. The summed E-state index contributed by atoms with van der Waals surface area (Å²) in [5, 5.41) is 6.26. The van der Waals surface area contributed by atoms with Crippen molar-refractivity contribution in [2.75, 3.05) is 13.1 Å². The van der Waals surface area contributed by atoms with Gasteiger partial charge in [0, 0.05) is 38.2 Å². The second-order valence-electron chi connectivity index (χ2n) is 8.85. The first-order chi connectivity index (χ1) is 14.8. The first kappa shape index (κ1) is 23.6. The van der Waals surface area contributed by atoms with Crippen molar-refractivity contribution in [2.24, 2.45) is 7.05 Å². The molecule has 0 aliphatic carbocycles. The molecule has 3 rings (SSSR count). The van der Waals surface area contributed by atoms with Crippen molar-refractivity contribution in [1.82, 2.24) is 20.0 Å². The van der Waals surface area contributed by atoms with E-state index in [0.717, 1.165) is 16.3 Å². The lowest BCUT2D eigenvalue weighted by molar-refractivity contribution is -0.141. The molecule has 0 saturated carbocycles. The van der Waals surface area contributed by atoms with Crippen molar-refractivity contribution in [3.05, 3.63) is 53.3 Å². The maximum Gasteiger partial charge on any atom is 0.435 e. The van der Waals surface area contributed by atoms with Gasteiger partial charge in [-0.05, 0) is 32.8 Å². The quantitative estimate of drug-likeness (QED) is 0.765. The topological polar surface area (TPSA) is 76.5 Å². The van der Waals surface area contributed by atoms with E-state index < -0.39 is 29.5 Å². The Labute approximate surface area is 184 Å². The fourth-order valence-electron chi connectivity index (χ4n) is 3.72. The number of nitrogens with zero attached hydrogens (tertiary/aromatic N) is 3. The first-order valence-electron chi connectivity index (χ1n) is 10.3. The van der Waals surface area contributed by atoms with Crippen LogP contribution in [0.15, 0.2) is 36.4 Å². The van der Waals surface area contributed by atoms with Crippen LogP contribution < -0.4 is 5.32 Å². The number of amides is 2. The van der Waals surface area contributed by atoms with Crippen LogP contribution in [-0.2, 0) is 18.0 Å². The Kier molecular flexibility index (Phi) is 6.52. The van der Waals surface area contributed by atoms with E-state index in [4.69, 9.17) is 4.74 Å². The molecule has 174 valence electrons. The molecule has 1 aliphatic heterocycles. The van der Waals surface area contributed by atoms with Crippen LogP contribution >= 0.6 is 0 Å². The molecule has 1 N–H and O–H groups in total. The van der Waals surface area contributed by atoms with Gasteiger partial charge in [-0.25, -0.2) is 4.79 Å². The minimum atomic E-state index is -4.64. The molecular weight excluding hydrogens is 425 g/mol. The van der Waals surface area contributed by atoms with Gasteiger partial charge >= 0.3 is 12.3 Å². The highest BCUT2D eigenvalue weighted by Gasteiger charge is 2.38. The number of halogens is 3. The van der Waals surface area contributed by atoms with E-state index >= 15 is 0 Å². The highest BCUT2D eigenvalue weighted by Crippen LogP contribution is 2.30. The molecule has 1 saturated heterocycles. The van der Waals surface area contributed by atoms with E-state index in [9.17, 15) is 22.8 Å². The van der Waals surface area contributed by atoms with Gasteiger partial charge in [-0.1, -0.05) is 30.3 Å². The SMILES string of the molecule is Cn1nc(C(F)(F)F)cc1C(=O)N[C@@H]1CCN(C(=O)OC(C)(C)C)C[C@@H]1c1ccccc1. The Bertz CT molecular complexity index is 967. The van der Waals surface area contributed by atoms with Gasteiger partial charge in [0.1, 0.15) is 11.3 Å². The second-order valence-corrected chi connectivity index (χ2v) is 8.85. The predicted octanol–water partition coefficient (Wildman–Crippen LogP) is 3.96. The number of aromatic nitrogens is 2. The van der Waals surface area contributed by atoms with Crippen LogP contribution in [0.4, 0.5) is 18.0 Å². The zero-order chi connectivity index (χ0) is 23.7. The normalized spacial score (nSPS) is 19.5. The molecule has 1 aromatic carbocycles. The summed E-state index contributed by atoms with van der Waals surface area (Å²) in [6.45, 7) is 6.02. The van der Waals surface area contributed by atoms with Crippen LogP contribution in [0.2, 0.25) is 0 Å². The number of ether oxygens (including phenoxy) is 1. The van der Waals surface area contributed by atoms with Crippen LogP contribution in [-0.4, -0.2) is 51.4 Å². The predicted molar refractivity (Wildman–Crippen MR) is 111 cm³/mol. The Hall–Kier alpha value is -3.04. The van der Waals surface area contributed by atoms with Gasteiger partial charge in [0.2, 0.25) is 0 Å². The zero-order valence-electron chi connectivity index (χ0n) is 18.4. The Morgan fingerprint density at radius 2 is 1.81 bits per heavy atom. The van der Waals surface area contributed by atoms with Gasteiger partial charge in [-0.15, -0.1) is 0 Å². The van der Waals surface area contributed by atoms with Crippen molar-refractivity contribution in [1.29, 1.82) is 0 Å². The molecule has 10 heteroatoms. The molecular formula is C22H27F3N4O3. The minimum absolute atomic E-state index is 0.182. The van der Waals surface area contributed by atoms with Gasteiger partial charge in [0.15, 0.2) is 5.69 Å². The third-order valence-corrected chi connectivity index (χ3v) is 5.21. The van der Waals surface area contributed by atoms with Gasteiger partial charge in [-0.2, -0.15) is 18.3 Å². The van der Waals surface area contributed by atoms with E-state index in [0.29, 0.717) is 19.5 Å². The van der Waals surface area contributed by atoms with Gasteiger partial charge < -0.3 is 15.0 Å². The van der Waals surface area contributed by atoms with Crippen LogP contribution in [0.5, 0.6) is 0 Å². The lowest BCUT2D eigenvalue weighted by Gasteiger charge is -2.39. The number of benzene rings is 1. The number of alkyl halides is 3. The fraction of sp³-hybridized carbons (Fsp3) is 0.500. The van der Waals surface area contributed by atoms with E-state index in [2.05, 4.69) is 10.4 Å². The molecule has 1 fully saturated rings. The monoisotopic (exact) mass is 452 g/mol. The average molecular weight is 452 g/mol. The number of piperidine rings is 1. The highest BCUT2D eigenvalue weighted by atomic mass is 19.4. The van der Waals surface area contributed by atoms with Crippen molar-refractivity contribution >= 4 is 12.0 Å². The van der Waals surface area contributed by atoms with Crippen molar-refractivity contribution in [3.63, 3.8) is 0 Å². The number of hydrogen-bond donors (Lipinski definition) is 1. The minimum Gasteiger partial charge on any atom is -0.444 e. The highest BCUT2D eigenvalue weighted by molar-refractivity contribution is 5.93. The van der Waals surface area contributed by atoms with E-state index in [1.165, 1.54) is 7.05 Å². The van der Waals surface area contributed by atoms with Crippen LogP contribution in [0, 0.1) is 0 Å². The summed E-state index contributed by atoms with van der Waals surface area (Å²) in [5.41, 5.74) is -1.03.